The molecule has 0 radical (unpaired) electrons. The molecule has 2 rings (SSSR count). The van der Waals surface area contributed by atoms with Crippen LogP contribution in [0.5, 0.6) is 0 Å². The summed E-state index contributed by atoms with van der Waals surface area (Å²) in [7, 11) is 0. The van der Waals surface area contributed by atoms with Crippen molar-refractivity contribution in [2.45, 2.75) is 13.5 Å². The molecular formula is C11H11ClN2. The van der Waals surface area contributed by atoms with Crippen molar-refractivity contribution >= 4 is 11.6 Å². The van der Waals surface area contributed by atoms with E-state index in [1.54, 1.807) is 6.33 Å². The van der Waals surface area contributed by atoms with Gasteiger partial charge < -0.3 is 4.57 Å². The van der Waals surface area contributed by atoms with Crippen LogP contribution in [0.1, 0.15) is 11.1 Å². The van der Waals surface area contributed by atoms with E-state index in [2.05, 4.69) is 36.2 Å². The van der Waals surface area contributed by atoms with Crippen molar-refractivity contribution in [2.24, 2.45) is 0 Å². The molecule has 2 nitrogen and oxygen atoms in total. The molecule has 14 heavy (non-hydrogen) atoms. The van der Waals surface area contributed by atoms with Crippen molar-refractivity contribution in [3.63, 3.8) is 0 Å². The van der Waals surface area contributed by atoms with E-state index >= 15 is 0 Å². The highest BCUT2D eigenvalue weighted by Gasteiger charge is 1.97. The lowest BCUT2D eigenvalue weighted by Gasteiger charge is -2.02. The second-order valence-electron chi connectivity index (χ2n) is 3.36. The number of aromatic nitrogens is 2. The zero-order valence-electron chi connectivity index (χ0n) is 7.94. The molecule has 3 heteroatoms. The van der Waals surface area contributed by atoms with Crippen LogP contribution in [0.4, 0.5) is 0 Å². The predicted molar refractivity (Wildman–Crippen MR) is 57.5 cm³/mol. The Morgan fingerprint density at radius 2 is 2.29 bits per heavy atom. The van der Waals surface area contributed by atoms with Crippen molar-refractivity contribution in [1.82, 2.24) is 9.55 Å². The van der Waals surface area contributed by atoms with E-state index in [-0.39, 0.29) is 0 Å². The minimum atomic E-state index is 0.539. The molecule has 0 aliphatic heterocycles. The highest BCUT2D eigenvalue weighted by molar-refractivity contribution is 6.29. The van der Waals surface area contributed by atoms with Gasteiger partial charge in [0.05, 0.1) is 6.33 Å². The van der Waals surface area contributed by atoms with Crippen molar-refractivity contribution in [1.29, 1.82) is 0 Å². The summed E-state index contributed by atoms with van der Waals surface area (Å²) in [5.74, 6) is 0. The first kappa shape index (κ1) is 9.28. The van der Waals surface area contributed by atoms with Crippen LogP contribution in [0.25, 0.3) is 0 Å². The quantitative estimate of drug-likeness (QED) is 0.739. The van der Waals surface area contributed by atoms with Crippen LogP contribution in [-0.4, -0.2) is 9.55 Å². The van der Waals surface area contributed by atoms with E-state index in [1.807, 2.05) is 10.8 Å². The normalized spacial score (nSPS) is 10.4. The topological polar surface area (TPSA) is 17.8 Å². The number of imidazole rings is 1. The summed E-state index contributed by atoms with van der Waals surface area (Å²) in [4.78, 5) is 3.96. The standard InChI is InChI=1S/C11H11ClN2/c1-9-3-2-4-10(5-9)6-14-7-11(12)13-8-14/h2-5,7-8H,6H2,1H3. The first-order chi connectivity index (χ1) is 6.74. The van der Waals surface area contributed by atoms with Gasteiger partial charge in [-0.2, -0.15) is 0 Å². The maximum atomic E-state index is 5.73. The molecule has 1 heterocycles. The van der Waals surface area contributed by atoms with Gasteiger partial charge in [0.15, 0.2) is 0 Å². The van der Waals surface area contributed by atoms with Crippen molar-refractivity contribution in [2.75, 3.05) is 0 Å². The fraction of sp³-hybridized carbons (Fsp3) is 0.182. The maximum absolute atomic E-state index is 5.73. The Morgan fingerprint density at radius 1 is 1.43 bits per heavy atom. The molecule has 0 aliphatic rings. The highest BCUT2D eigenvalue weighted by atomic mass is 35.5. The van der Waals surface area contributed by atoms with Crippen molar-refractivity contribution < 1.29 is 0 Å². The second kappa shape index (κ2) is 3.84. The Morgan fingerprint density at radius 3 is 2.93 bits per heavy atom. The SMILES string of the molecule is Cc1cccc(Cn2cnc(Cl)c2)c1. The number of halogens is 1. The Hall–Kier alpha value is -1.28. The zero-order chi connectivity index (χ0) is 9.97. The Labute approximate surface area is 88.2 Å². The number of hydrogen-bond donors (Lipinski definition) is 0. The van der Waals surface area contributed by atoms with Crippen LogP contribution >= 0.6 is 11.6 Å². The molecule has 0 fully saturated rings. The third kappa shape index (κ3) is 2.15. The Bertz CT molecular complexity index is 434. The third-order valence-electron chi connectivity index (χ3n) is 2.05. The third-order valence-corrected chi connectivity index (χ3v) is 2.24. The van der Waals surface area contributed by atoms with Gasteiger partial charge >= 0.3 is 0 Å². The number of nitrogens with zero attached hydrogens (tertiary/aromatic N) is 2. The fourth-order valence-corrected chi connectivity index (χ4v) is 1.61. The summed E-state index contributed by atoms with van der Waals surface area (Å²) in [6.45, 7) is 2.91. The lowest BCUT2D eigenvalue weighted by molar-refractivity contribution is 0.796. The van der Waals surface area contributed by atoms with Gasteiger partial charge in [-0.25, -0.2) is 4.98 Å². The molecule has 2 aromatic rings. The number of hydrogen-bond acceptors (Lipinski definition) is 1. The molecule has 0 aliphatic carbocycles. The maximum Gasteiger partial charge on any atom is 0.146 e. The molecule has 0 spiro atoms. The van der Waals surface area contributed by atoms with Gasteiger partial charge in [0.2, 0.25) is 0 Å². The lowest BCUT2D eigenvalue weighted by atomic mass is 10.1. The number of benzene rings is 1. The van der Waals surface area contributed by atoms with Crippen LogP contribution in [0, 0.1) is 6.92 Å². The van der Waals surface area contributed by atoms with Gasteiger partial charge in [-0.05, 0) is 12.5 Å². The van der Waals surface area contributed by atoms with Gasteiger partial charge in [0, 0.05) is 12.7 Å². The van der Waals surface area contributed by atoms with Crippen molar-refractivity contribution in [3.8, 4) is 0 Å². The molecular weight excluding hydrogens is 196 g/mol. The van der Waals surface area contributed by atoms with Crippen molar-refractivity contribution in [3.05, 3.63) is 53.1 Å². The van der Waals surface area contributed by atoms with E-state index in [0.717, 1.165) is 6.54 Å². The van der Waals surface area contributed by atoms with Gasteiger partial charge in [-0.15, -0.1) is 0 Å². The zero-order valence-corrected chi connectivity index (χ0v) is 8.70. The van der Waals surface area contributed by atoms with Crippen LogP contribution in [0.3, 0.4) is 0 Å². The van der Waals surface area contributed by atoms with E-state index in [9.17, 15) is 0 Å². The van der Waals surface area contributed by atoms with Gasteiger partial charge in [-0.1, -0.05) is 41.4 Å². The minimum absolute atomic E-state index is 0.539. The molecule has 0 saturated heterocycles. The summed E-state index contributed by atoms with van der Waals surface area (Å²) in [6.07, 6.45) is 3.56. The van der Waals surface area contributed by atoms with E-state index in [1.165, 1.54) is 11.1 Å². The lowest BCUT2D eigenvalue weighted by Crippen LogP contribution is -1.96. The van der Waals surface area contributed by atoms with Crippen LogP contribution in [0.15, 0.2) is 36.8 Å². The van der Waals surface area contributed by atoms with Gasteiger partial charge in [0.25, 0.3) is 0 Å². The second-order valence-corrected chi connectivity index (χ2v) is 3.75. The molecule has 0 N–H and O–H groups in total. The molecule has 0 bridgehead atoms. The monoisotopic (exact) mass is 206 g/mol. The first-order valence-corrected chi connectivity index (χ1v) is 4.84. The molecule has 0 atom stereocenters. The number of rotatable bonds is 2. The van der Waals surface area contributed by atoms with E-state index < -0.39 is 0 Å². The molecule has 0 saturated carbocycles. The predicted octanol–water partition coefficient (Wildman–Crippen LogP) is 2.89. The first-order valence-electron chi connectivity index (χ1n) is 4.47. The molecule has 1 aromatic carbocycles. The number of aryl methyl sites for hydroxylation is 1. The Kier molecular flexibility index (Phi) is 2.55. The average molecular weight is 207 g/mol. The largest absolute Gasteiger partial charge is 0.331 e. The minimum Gasteiger partial charge on any atom is -0.331 e. The molecule has 0 amide bonds. The fourth-order valence-electron chi connectivity index (χ4n) is 1.44. The summed E-state index contributed by atoms with van der Waals surface area (Å²) < 4.78 is 1.97. The summed E-state index contributed by atoms with van der Waals surface area (Å²) in [5.41, 5.74) is 2.53. The molecule has 72 valence electrons. The van der Waals surface area contributed by atoms with Gasteiger partial charge in [0.1, 0.15) is 5.15 Å². The van der Waals surface area contributed by atoms with Gasteiger partial charge in [-0.3, -0.25) is 0 Å². The van der Waals surface area contributed by atoms with Crippen LogP contribution < -0.4 is 0 Å². The van der Waals surface area contributed by atoms with Crippen LogP contribution in [0.2, 0.25) is 5.15 Å². The summed E-state index contributed by atoms with van der Waals surface area (Å²) in [5, 5.41) is 0.539. The van der Waals surface area contributed by atoms with E-state index in [4.69, 9.17) is 11.6 Å². The highest BCUT2D eigenvalue weighted by Crippen LogP contribution is 2.08. The molecule has 1 aromatic heterocycles. The van der Waals surface area contributed by atoms with E-state index in [0.29, 0.717) is 5.15 Å². The Balaban J connectivity index is 2.18. The smallest absolute Gasteiger partial charge is 0.146 e. The molecule has 0 unspecified atom stereocenters. The van der Waals surface area contributed by atoms with Crippen LogP contribution in [-0.2, 0) is 6.54 Å². The summed E-state index contributed by atoms with van der Waals surface area (Å²) >= 11 is 5.73. The average Bonchev–Trinajstić information content (AvgIpc) is 2.51. The summed E-state index contributed by atoms with van der Waals surface area (Å²) in [6, 6.07) is 8.41.